The molecule has 5 heteroatoms. The largest absolute Gasteiger partial charge is 0.465 e. The van der Waals surface area contributed by atoms with Crippen molar-refractivity contribution in [2.75, 3.05) is 13.1 Å². The second kappa shape index (κ2) is 4.38. The number of carbonyl (C=O) groups is 1. The zero-order valence-electron chi connectivity index (χ0n) is 8.87. The fourth-order valence-electron chi connectivity index (χ4n) is 2.08. The van der Waals surface area contributed by atoms with E-state index in [1.165, 1.54) is 11.0 Å². The van der Waals surface area contributed by atoms with Gasteiger partial charge in [0.1, 0.15) is 0 Å². The average Bonchev–Trinajstić information content (AvgIpc) is 2.30. The van der Waals surface area contributed by atoms with E-state index in [9.17, 15) is 9.59 Å². The lowest BCUT2D eigenvalue weighted by Crippen LogP contribution is -2.39. The van der Waals surface area contributed by atoms with Gasteiger partial charge >= 0.3 is 6.09 Å². The molecule has 1 aliphatic rings. The van der Waals surface area contributed by atoms with Gasteiger partial charge in [-0.2, -0.15) is 0 Å². The van der Waals surface area contributed by atoms with Crippen LogP contribution in [0.1, 0.15) is 18.9 Å². The molecule has 1 aromatic heterocycles. The Kier molecular flexibility index (Phi) is 2.94. The van der Waals surface area contributed by atoms with Gasteiger partial charge in [-0.25, -0.2) is 4.79 Å². The highest BCUT2D eigenvalue weighted by Gasteiger charge is 2.23. The van der Waals surface area contributed by atoms with E-state index in [1.54, 1.807) is 16.8 Å². The number of piperidine rings is 1. The number of nitrogens with zero attached hydrogens (tertiary/aromatic N) is 2. The third-order valence-electron chi connectivity index (χ3n) is 2.98. The number of hydrogen-bond donors (Lipinski definition) is 1. The first kappa shape index (κ1) is 10.7. The van der Waals surface area contributed by atoms with Gasteiger partial charge in [0.2, 0.25) is 0 Å². The van der Waals surface area contributed by atoms with Crippen molar-refractivity contribution in [2.45, 2.75) is 18.9 Å². The number of aromatic nitrogens is 1. The molecule has 0 radical (unpaired) electrons. The predicted molar refractivity (Wildman–Crippen MR) is 58.6 cm³/mol. The van der Waals surface area contributed by atoms with Gasteiger partial charge < -0.3 is 14.6 Å². The van der Waals surface area contributed by atoms with Crippen molar-refractivity contribution in [1.82, 2.24) is 9.47 Å². The van der Waals surface area contributed by atoms with Crippen molar-refractivity contribution in [3.8, 4) is 0 Å². The number of amides is 1. The number of carboxylic acid groups (broad SMARTS) is 1. The molecular weight excluding hydrogens is 208 g/mol. The Morgan fingerprint density at radius 2 is 2.00 bits per heavy atom. The summed E-state index contributed by atoms with van der Waals surface area (Å²) in [4.78, 5) is 23.7. The summed E-state index contributed by atoms with van der Waals surface area (Å²) in [5, 5.41) is 8.81. The molecular formula is C11H14N2O3. The molecule has 1 amide bonds. The number of hydrogen-bond acceptors (Lipinski definition) is 2. The molecule has 1 aromatic rings. The summed E-state index contributed by atoms with van der Waals surface area (Å²) in [7, 11) is 0. The summed E-state index contributed by atoms with van der Waals surface area (Å²) in [6.07, 6.45) is 2.30. The van der Waals surface area contributed by atoms with Gasteiger partial charge in [0.25, 0.3) is 5.56 Å². The lowest BCUT2D eigenvalue weighted by atomic mass is 10.1. The first-order valence-corrected chi connectivity index (χ1v) is 5.33. The molecule has 0 bridgehead atoms. The SMILES string of the molecule is O=C(O)N1CCC(n2ccccc2=O)CC1. The van der Waals surface area contributed by atoms with Gasteiger partial charge in [0.15, 0.2) is 0 Å². The van der Waals surface area contributed by atoms with Gasteiger partial charge in [-0.15, -0.1) is 0 Å². The minimum Gasteiger partial charge on any atom is -0.465 e. The quantitative estimate of drug-likeness (QED) is 0.775. The second-order valence-corrected chi connectivity index (χ2v) is 3.95. The van der Waals surface area contributed by atoms with Crippen LogP contribution in [0.5, 0.6) is 0 Å². The average molecular weight is 222 g/mol. The molecule has 0 atom stereocenters. The van der Waals surface area contributed by atoms with E-state index < -0.39 is 6.09 Å². The van der Waals surface area contributed by atoms with Crippen LogP contribution in [0.2, 0.25) is 0 Å². The molecule has 5 nitrogen and oxygen atoms in total. The Balaban J connectivity index is 2.08. The van der Waals surface area contributed by atoms with Crippen molar-refractivity contribution in [1.29, 1.82) is 0 Å². The Labute approximate surface area is 92.9 Å². The Hall–Kier alpha value is -1.78. The van der Waals surface area contributed by atoms with Crippen LogP contribution in [0.4, 0.5) is 4.79 Å². The van der Waals surface area contributed by atoms with E-state index in [2.05, 4.69) is 0 Å². The normalized spacial score (nSPS) is 17.4. The van der Waals surface area contributed by atoms with Crippen LogP contribution in [0.3, 0.4) is 0 Å². The predicted octanol–water partition coefficient (Wildman–Crippen LogP) is 1.16. The van der Waals surface area contributed by atoms with Gasteiger partial charge in [-0.3, -0.25) is 4.79 Å². The highest BCUT2D eigenvalue weighted by atomic mass is 16.4. The molecule has 0 aromatic carbocycles. The molecule has 0 unspecified atom stereocenters. The summed E-state index contributed by atoms with van der Waals surface area (Å²) >= 11 is 0. The Bertz CT molecular complexity index is 433. The van der Waals surface area contributed by atoms with Crippen LogP contribution in [-0.4, -0.2) is 33.8 Å². The van der Waals surface area contributed by atoms with Crippen LogP contribution < -0.4 is 5.56 Å². The summed E-state index contributed by atoms with van der Waals surface area (Å²) in [5.74, 6) is 0. The highest BCUT2D eigenvalue weighted by Crippen LogP contribution is 2.20. The third kappa shape index (κ3) is 2.08. The minimum absolute atomic E-state index is 0.0173. The molecule has 2 rings (SSSR count). The maximum absolute atomic E-state index is 11.6. The Morgan fingerprint density at radius 1 is 1.31 bits per heavy atom. The smallest absolute Gasteiger partial charge is 0.407 e. The minimum atomic E-state index is -0.876. The standard InChI is InChI=1S/C11H14N2O3/c14-10-3-1-2-6-13(10)9-4-7-12(8-5-9)11(15)16/h1-3,6,9H,4-5,7-8H2,(H,15,16). The van der Waals surface area contributed by atoms with E-state index in [0.717, 1.165) is 0 Å². The summed E-state index contributed by atoms with van der Waals surface area (Å²) < 4.78 is 1.69. The summed E-state index contributed by atoms with van der Waals surface area (Å²) in [5.41, 5.74) is -0.0173. The van der Waals surface area contributed by atoms with E-state index in [0.29, 0.717) is 25.9 Å². The zero-order valence-corrected chi connectivity index (χ0v) is 8.87. The van der Waals surface area contributed by atoms with E-state index in [4.69, 9.17) is 5.11 Å². The van der Waals surface area contributed by atoms with E-state index in [-0.39, 0.29) is 11.6 Å². The summed E-state index contributed by atoms with van der Waals surface area (Å²) in [6, 6.07) is 5.20. The molecule has 0 saturated carbocycles. The zero-order chi connectivity index (χ0) is 11.5. The molecule has 0 spiro atoms. The maximum atomic E-state index is 11.6. The number of rotatable bonds is 1. The third-order valence-corrected chi connectivity index (χ3v) is 2.98. The van der Waals surface area contributed by atoms with Crippen molar-refractivity contribution < 1.29 is 9.90 Å². The fraction of sp³-hybridized carbons (Fsp3) is 0.455. The van der Waals surface area contributed by atoms with E-state index in [1.807, 2.05) is 6.07 Å². The number of pyridine rings is 1. The number of likely N-dealkylation sites (tertiary alicyclic amines) is 1. The topological polar surface area (TPSA) is 62.5 Å². The lowest BCUT2D eigenvalue weighted by molar-refractivity contribution is 0.125. The fourth-order valence-corrected chi connectivity index (χ4v) is 2.08. The first-order chi connectivity index (χ1) is 7.68. The van der Waals surface area contributed by atoms with Crippen molar-refractivity contribution in [3.05, 3.63) is 34.7 Å². The molecule has 1 fully saturated rings. The molecule has 86 valence electrons. The Morgan fingerprint density at radius 3 is 2.56 bits per heavy atom. The van der Waals surface area contributed by atoms with Crippen LogP contribution in [0, 0.1) is 0 Å². The second-order valence-electron chi connectivity index (χ2n) is 3.95. The van der Waals surface area contributed by atoms with Gasteiger partial charge in [-0.1, -0.05) is 6.07 Å². The molecule has 1 aliphatic heterocycles. The van der Waals surface area contributed by atoms with Gasteiger partial charge in [0.05, 0.1) is 0 Å². The van der Waals surface area contributed by atoms with Crippen LogP contribution in [-0.2, 0) is 0 Å². The highest BCUT2D eigenvalue weighted by molar-refractivity contribution is 5.64. The lowest BCUT2D eigenvalue weighted by Gasteiger charge is -2.30. The maximum Gasteiger partial charge on any atom is 0.407 e. The van der Waals surface area contributed by atoms with Crippen LogP contribution >= 0.6 is 0 Å². The van der Waals surface area contributed by atoms with E-state index >= 15 is 0 Å². The van der Waals surface area contributed by atoms with Crippen molar-refractivity contribution >= 4 is 6.09 Å². The van der Waals surface area contributed by atoms with Gasteiger partial charge in [-0.05, 0) is 18.9 Å². The van der Waals surface area contributed by atoms with Crippen molar-refractivity contribution in [3.63, 3.8) is 0 Å². The monoisotopic (exact) mass is 222 g/mol. The van der Waals surface area contributed by atoms with Crippen molar-refractivity contribution in [2.24, 2.45) is 0 Å². The molecule has 1 N–H and O–H groups in total. The molecule has 2 heterocycles. The molecule has 1 saturated heterocycles. The van der Waals surface area contributed by atoms with Gasteiger partial charge in [0, 0.05) is 31.4 Å². The first-order valence-electron chi connectivity index (χ1n) is 5.33. The molecule has 0 aliphatic carbocycles. The summed E-state index contributed by atoms with van der Waals surface area (Å²) in [6.45, 7) is 1.00. The van der Waals surface area contributed by atoms with Crippen LogP contribution in [0.15, 0.2) is 29.2 Å². The van der Waals surface area contributed by atoms with Crippen LogP contribution in [0.25, 0.3) is 0 Å². The molecule has 16 heavy (non-hydrogen) atoms.